The Labute approximate surface area is 108 Å². The number of unbranched alkanes of at least 4 members (excludes halogenated alkanes) is 1. The number of hydrogen-bond donors (Lipinski definition) is 3. The summed E-state index contributed by atoms with van der Waals surface area (Å²) < 4.78 is 0. The van der Waals surface area contributed by atoms with Crippen molar-refractivity contribution < 1.29 is 9.90 Å². The zero-order valence-corrected chi connectivity index (χ0v) is 11.1. The summed E-state index contributed by atoms with van der Waals surface area (Å²) in [5.74, 6) is 0.270. The van der Waals surface area contributed by atoms with E-state index in [4.69, 9.17) is 0 Å². The van der Waals surface area contributed by atoms with E-state index >= 15 is 0 Å². The van der Waals surface area contributed by atoms with Crippen molar-refractivity contribution >= 4 is 5.91 Å². The molecule has 3 N–H and O–H groups in total. The summed E-state index contributed by atoms with van der Waals surface area (Å²) in [7, 11) is 1.78. The molecule has 0 spiro atoms. The van der Waals surface area contributed by atoms with Gasteiger partial charge in [0.05, 0.1) is 6.04 Å². The van der Waals surface area contributed by atoms with Crippen LogP contribution in [-0.2, 0) is 11.2 Å². The topological polar surface area (TPSA) is 61.4 Å². The molecule has 0 unspecified atom stereocenters. The second-order valence-corrected chi connectivity index (χ2v) is 4.36. The van der Waals surface area contributed by atoms with Gasteiger partial charge in [0.1, 0.15) is 5.75 Å². The standard InChI is InChI=1S/C14H22N2O2/c1-3-4-9-16-14(18)13(15-2)10-11-5-7-12(17)8-6-11/h5-8,13,15,17H,3-4,9-10H2,1-2H3,(H,16,18)/t13-/m0/s1. The van der Waals surface area contributed by atoms with Gasteiger partial charge in [0.15, 0.2) is 0 Å². The van der Waals surface area contributed by atoms with Crippen LogP contribution in [0.3, 0.4) is 0 Å². The van der Waals surface area contributed by atoms with E-state index in [0.29, 0.717) is 6.42 Å². The number of carbonyl (C=O) groups is 1. The number of carbonyl (C=O) groups excluding carboxylic acids is 1. The number of likely N-dealkylation sites (N-methyl/N-ethyl adjacent to an activating group) is 1. The maximum atomic E-state index is 11.9. The number of amides is 1. The Morgan fingerprint density at radius 2 is 2.00 bits per heavy atom. The Kier molecular flexibility index (Phi) is 6.22. The minimum Gasteiger partial charge on any atom is -0.508 e. The molecule has 18 heavy (non-hydrogen) atoms. The fourth-order valence-electron chi connectivity index (χ4n) is 1.71. The lowest BCUT2D eigenvalue weighted by Crippen LogP contribution is -2.44. The molecule has 0 aliphatic heterocycles. The second-order valence-electron chi connectivity index (χ2n) is 4.36. The third kappa shape index (κ3) is 4.75. The molecule has 0 fully saturated rings. The first-order valence-corrected chi connectivity index (χ1v) is 6.40. The number of hydrogen-bond acceptors (Lipinski definition) is 3. The van der Waals surface area contributed by atoms with Crippen LogP contribution in [-0.4, -0.2) is 30.6 Å². The highest BCUT2D eigenvalue weighted by molar-refractivity contribution is 5.82. The average molecular weight is 250 g/mol. The molecule has 1 rings (SSSR count). The van der Waals surface area contributed by atoms with E-state index in [-0.39, 0.29) is 17.7 Å². The van der Waals surface area contributed by atoms with Crippen molar-refractivity contribution in [3.8, 4) is 5.75 Å². The van der Waals surface area contributed by atoms with Crippen LogP contribution in [0.1, 0.15) is 25.3 Å². The molecule has 4 heteroatoms. The molecule has 0 saturated carbocycles. The summed E-state index contributed by atoms with van der Waals surface area (Å²) in [6, 6.07) is 6.71. The predicted molar refractivity (Wildman–Crippen MR) is 72.6 cm³/mol. The molecule has 1 amide bonds. The van der Waals surface area contributed by atoms with Gasteiger partial charge >= 0.3 is 0 Å². The average Bonchev–Trinajstić information content (AvgIpc) is 2.38. The lowest BCUT2D eigenvalue weighted by atomic mass is 10.1. The van der Waals surface area contributed by atoms with E-state index in [9.17, 15) is 9.90 Å². The Morgan fingerprint density at radius 3 is 2.56 bits per heavy atom. The van der Waals surface area contributed by atoms with E-state index < -0.39 is 0 Å². The summed E-state index contributed by atoms with van der Waals surface area (Å²) in [5, 5.41) is 15.1. The molecule has 0 aliphatic rings. The summed E-state index contributed by atoms with van der Waals surface area (Å²) in [5.41, 5.74) is 1.03. The molecule has 0 bridgehead atoms. The fourth-order valence-corrected chi connectivity index (χ4v) is 1.71. The van der Waals surface area contributed by atoms with E-state index in [1.54, 1.807) is 19.2 Å². The maximum Gasteiger partial charge on any atom is 0.237 e. The van der Waals surface area contributed by atoms with E-state index in [2.05, 4.69) is 17.6 Å². The summed E-state index contributed by atoms with van der Waals surface area (Å²) in [6.07, 6.45) is 2.69. The van der Waals surface area contributed by atoms with Crippen LogP contribution in [0, 0.1) is 0 Å². The van der Waals surface area contributed by atoms with Gasteiger partial charge in [-0.1, -0.05) is 25.5 Å². The molecular weight excluding hydrogens is 228 g/mol. The number of phenols is 1. The highest BCUT2D eigenvalue weighted by Crippen LogP contribution is 2.11. The number of aromatic hydroxyl groups is 1. The third-order valence-electron chi connectivity index (χ3n) is 2.87. The van der Waals surface area contributed by atoms with Crippen LogP contribution < -0.4 is 10.6 Å². The van der Waals surface area contributed by atoms with Gasteiger partial charge in [-0.3, -0.25) is 4.79 Å². The molecule has 0 heterocycles. The van der Waals surface area contributed by atoms with Crippen LogP contribution in [0.5, 0.6) is 5.75 Å². The zero-order chi connectivity index (χ0) is 13.4. The van der Waals surface area contributed by atoms with Crippen molar-refractivity contribution in [2.24, 2.45) is 0 Å². The van der Waals surface area contributed by atoms with Crippen molar-refractivity contribution in [3.63, 3.8) is 0 Å². The smallest absolute Gasteiger partial charge is 0.237 e. The summed E-state index contributed by atoms with van der Waals surface area (Å²) in [6.45, 7) is 2.82. The highest BCUT2D eigenvalue weighted by atomic mass is 16.3. The zero-order valence-electron chi connectivity index (χ0n) is 11.1. The minimum absolute atomic E-state index is 0.0269. The Balaban J connectivity index is 2.50. The normalized spacial score (nSPS) is 12.1. The first-order chi connectivity index (χ1) is 8.67. The van der Waals surface area contributed by atoms with Crippen LogP contribution in [0.2, 0.25) is 0 Å². The molecule has 0 aromatic heterocycles. The molecular formula is C14H22N2O2. The minimum atomic E-state index is -0.230. The Hall–Kier alpha value is -1.55. The van der Waals surface area contributed by atoms with Gasteiger partial charge in [-0.05, 0) is 37.6 Å². The maximum absolute atomic E-state index is 11.9. The van der Waals surface area contributed by atoms with Gasteiger partial charge in [0.2, 0.25) is 5.91 Å². The molecule has 1 aromatic carbocycles. The monoisotopic (exact) mass is 250 g/mol. The first kappa shape index (κ1) is 14.5. The number of phenolic OH excluding ortho intramolecular Hbond substituents is 1. The lowest BCUT2D eigenvalue weighted by Gasteiger charge is -2.16. The number of benzene rings is 1. The predicted octanol–water partition coefficient (Wildman–Crippen LogP) is 1.44. The lowest BCUT2D eigenvalue weighted by molar-refractivity contribution is -0.123. The summed E-state index contributed by atoms with van der Waals surface area (Å²) >= 11 is 0. The van der Waals surface area contributed by atoms with Gasteiger partial charge in [-0.2, -0.15) is 0 Å². The molecule has 0 radical (unpaired) electrons. The van der Waals surface area contributed by atoms with E-state index in [1.165, 1.54) is 0 Å². The SMILES string of the molecule is CCCCNC(=O)[C@H](Cc1ccc(O)cc1)NC. The van der Waals surface area contributed by atoms with Crippen molar-refractivity contribution in [2.45, 2.75) is 32.2 Å². The van der Waals surface area contributed by atoms with Crippen molar-refractivity contribution in [1.29, 1.82) is 0 Å². The van der Waals surface area contributed by atoms with Gasteiger partial charge in [-0.25, -0.2) is 0 Å². The Bertz CT molecular complexity index is 363. The third-order valence-corrected chi connectivity index (χ3v) is 2.87. The summed E-state index contributed by atoms with van der Waals surface area (Å²) in [4.78, 5) is 11.9. The van der Waals surface area contributed by atoms with Gasteiger partial charge in [0, 0.05) is 6.54 Å². The molecule has 1 atom stereocenters. The molecule has 0 saturated heterocycles. The van der Waals surface area contributed by atoms with E-state index in [1.807, 2.05) is 12.1 Å². The van der Waals surface area contributed by atoms with Crippen molar-refractivity contribution in [2.75, 3.05) is 13.6 Å². The van der Waals surface area contributed by atoms with Gasteiger partial charge in [-0.15, -0.1) is 0 Å². The van der Waals surface area contributed by atoms with Crippen LogP contribution in [0.4, 0.5) is 0 Å². The molecule has 0 aliphatic carbocycles. The Morgan fingerprint density at radius 1 is 1.33 bits per heavy atom. The van der Waals surface area contributed by atoms with Crippen molar-refractivity contribution in [1.82, 2.24) is 10.6 Å². The van der Waals surface area contributed by atoms with Crippen LogP contribution in [0.15, 0.2) is 24.3 Å². The van der Waals surface area contributed by atoms with Crippen molar-refractivity contribution in [3.05, 3.63) is 29.8 Å². The number of rotatable bonds is 7. The largest absolute Gasteiger partial charge is 0.508 e. The van der Waals surface area contributed by atoms with Gasteiger partial charge < -0.3 is 15.7 Å². The highest BCUT2D eigenvalue weighted by Gasteiger charge is 2.16. The number of nitrogens with one attached hydrogen (secondary N) is 2. The van der Waals surface area contributed by atoms with Crippen LogP contribution >= 0.6 is 0 Å². The molecule has 1 aromatic rings. The van der Waals surface area contributed by atoms with Gasteiger partial charge in [0.25, 0.3) is 0 Å². The second kappa shape index (κ2) is 7.71. The molecule has 100 valence electrons. The van der Waals surface area contributed by atoms with E-state index in [0.717, 1.165) is 24.9 Å². The van der Waals surface area contributed by atoms with Crippen LogP contribution in [0.25, 0.3) is 0 Å². The quantitative estimate of drug-likeness (QED) is 0.642. The fraction of sp³-hybridized carbons (Fsp3) is 0.500. The molecule has 4 nitrogen and oxygen atoms in total. The first-order valence-electron chi connectivity index (χ1n) is 6.40.